The first-order chi connectivity index (χ1) is 4.33. The van der Waals surface area contributed by atoms with E-state index in [4.69, 9.17) is 5.11 Å². The van der Waals surface area contributed by atoms with Crippen molar-refractivity contribution in [1.29, 1.82) is 0 Å². The Hall–Kier alpha value is -0.340. The minimum atomic E-state index is 0.260. The maximum Gasteiger partial charge on any atom is 0.0471 e. The quantitative estimate of drug-likeness (QED) is 0.665. The van der Waals surface area contributed by atoms with E-state index >= 15 is 0 Å². The second-order valence-electron chi connectivity index (χ2n) is 2.04. The standard InChI is InChI=1S/C7H10OS/c1-6-4-7(2-3-8)5-9-6/h4-5,8H,2-3H2,1H3. The predicted molar refractivity (Wildman–Crippen MR) is 39.8 cm³/mol. The van der Waals surface area contributed by atoms with Crippen LogP contribution in [0.1, 0.15) is 10.4 Å². The summed E-state index contributed by atoms with van der Waals surface area (Å²) in [4.78, 5) is 1.32. The molecule has 0 aliphatic carbocycles. The lowest BCUT2D eigenvalue weighted by Gasteiger charge is -1.86. The van der Waals surface area contributed by atoms with Gasteiger partial charge in [0.05, 0.1) is 0 Å². The SMILES string of the molecule is Cc1cc(CCO)cs1. The van der Waals surface area contributed by atoms with Gasteiger partial charge < -0.3 is 5.11 Å². The van der Waals surface area contributed by atoms with Gasteiger partial charge in [0.1, 0.15) is 0 Å². The molecule has 1 heterocycles. The van der Waals surface area contributed by atoms with Crippen molar-refractivity contribution in [2.45, 2.75) is 13.3 Å². The van der Waals surface area contributed by atoms with E-state index in [0.717, 1.165) is 6.42 Å². The Kier molecular flexibility index (Phi) is 2.25. The molecule has 2 heteroatoms. The molecule has 0 fully saturated rings. The van der Waals surface area contributed by atoms with E-state index in [1.54, 1.807) is 11.3 Å². The summed E-state index contributed by atoms with van der Waals surface area (Å²) in [7, 11) is 0. The summed E-state index contributed by atoms with van der Waals surface area (Å²) in [6, 6.07) is 2.11. The highest BCUT2D eigenvalue weighted by Crippen LogP contribution is 2.12. The number of aliphatic hydroxyl groups excluding tert-OH is 1. The van der Waals surface area contributed by atoms with Crippen molar-refractivity contribution < 1.29 is 5.11 Å². The normalized spacial score (nSPS) is 10.0. The summed E-state index contributed by atoms with van der Waals surface area (Å²) in [6.07, 6.45) is 0.796. The van der Waals surface area contributed by atoms with Crippen LogP contribution in [0.3, 0.4) is 0 Å². The van der Waals surface area contributed by atoms with Crippen LogP contribution in [0.5, 0.6) is 0 Å². The Morgan fingerprint density at radius 2 is 2.44 bits per heavy atom. The van der Waals surface area contributed by atoms with Gasteiger partial charge in [-0.1, -0.05) is 0 Å². The fourth-order valence-corrected chi connectivity index (χ4v) is 1.50. The third-order valence-corrected chi connectivity index (χ3v) is 2.10. The minimum absolute atomic E-state index is 0.260. The molecule has 0 atom stereocenters. The van der Waals surface area contributed by atoms with Crippen LogP contribution < -0.4 is 0 Å². The summed E-state index contributed by atoms with van der Waals surface area (Å²) >= 11 is 1.73. The van der Waals surface area contributed by atoms with Crippen molar-refractivity contribution >= 4 is 11.3 Å². The van der Waals surface area contributed by atoms with E-state index in [2.05, 4.69) is 18.4 Å². The molecule has 50 valence electrons. The molecule has 1 aromatic rings. The first-order valence-electron chi connectivity index (χ1n) is 2.98. The maximum absolute atomic E-state index is 8.53. The molecule has 0 amide bonds. The molecule has 0 aliphatic rings. The van der Waals surface area contributed by atoms with Crippen molar-refractivity contribution in [3.05, 3.63) is 21.9 Å². The van der Waals surface area contributed by atoms with Gasteiger partial charge >= 0.3 is 0 Å². The maximum atomic E-state index is 8.53. The van der Waals surface area contributed by atoms with Crippen LogP contribution in [0.15, 0.2) is 11.4 Å². The zero-order valence-corrected chi connectivity index (χ0v) is 6.24. The van der Waals surface area contributed by atoms with E-state index in [9.17, 15) is 0 Å². The summed E-state index contributed by atoms with van der Waals surface area (Å²) in [5.74, 6) is 0. The molecular weight excluding hydrogens is 132 g/mol. The zero-order valence-electron chi connectivity index (χ0n) is 5.42. The topological polar surface area (TPSA) is 20.2 Å². The summed E-state index contributed by atoms with van der Waals surface area (Å²) in [5, 5.41) is 10.6. The van der Waals surface area contributed by atoms with Crippen LogP contribution in [0.2, 0.25) is 0 Å². The predicted octanol–water partition coefficient (Wildman–Crippen LogP) is 1.59. The molecule has 0 radical (unpaired) electrons. The number of hydrogen-bond acceptors (Lipinski definition) is 2. The van der Waals surface area contributed by atoms with Gasteiger partial charge in [0.25, 0.3) is 0 Å². The molecule has 0 unspecified atom stereocenters. The van der Waals surface area contributed by atoms with Gasteiger partial charge in [0.15, 0.2) is 0 Å². The second kappa shape index (κ2) is 2.99. The molecule has 0 bridgehead atoms. The van der Waals surface area contributed by atoms with Crippen molar-refractivity contribution in [2.24, 2.45) is 0 Å². The van der Waals surface area contributed by atoms with Crippen molar-refractivity contribution in [1.82, 2.24) is 0 Å². The Labute approximate surface area is 59.0 Å². The third-order valence-electron chi connectivity index (χ3n) is 1.19. The average molecular weight is 142 g/mol. The van der Waals surface area contributed by atoms with E-state index in [1.807, 2.05) is 0 Å². The van der Waals surface area contributed by atoms with Gasteiger partial charge in [-0.15, -0.1) is 11.3 Å². The van der Waals surface area contributed by atoms with Gasteiger partial charge in [-0.3, -0.25) is 0 Å². The highest BCUT2D eigenvalue weighted by molar-refractivity contribution is 7.10. The van der Waals surface area contributed by atoms with Crippen LogP contribution >= 0.6 is 11.3 Å². The van der Waals surface area contributed by atoms with Crippen LogP contribution in [-0.2, 0) is 6.42 Å². The van der Waals surface area contributed by atoms with Crippen molar-refractivity contribution in [3.8, 4) is 0 Å². The molecule has 0 aromatic carbocycles. The number of aliphatic hydroxyl groups is 1. The molecule has 0 spiro atoms. The molecule has 1 rings (SSSR count). The Balaban J connectivity index is 2.61. The fraction of sp³-hybridized carbons (Fsp3) is 0.429. The first kappa shape index (κ1) is 6.78. The lowest BCUT2D eigenvalue weighted by Crippen LogP contribution is -1.85. The van der Waals surface area contributed by atoms with Crippen LogP contribution in [0.25, 0.3) is 0 Å². The summed E-state index contributed by atoms with van der Waals surface area (Å²) in [5.41, 5.74) is 1.25. The summed E-state index contributed by atoms with van der Waals surface area (Å²) < 4.78 is 0. The molecule has 1 nitrogen and oxygen atoms in total. The van der Waals surface area contributed by atoms with Crippen molar-refractivity contribution in [3.63, 3.8) is 0 Å². The number of hydrogen-bond donors (Lipinski definition) is 1. The smallest absolute Gasteiger partial charge is 0.0471 e. The Morgan fingerprint density at radius 3 is 2.89 bits per heavy atom. The highest BCUT2D eigenvalue weighted by Gasteiger charge is 1.92. The van der Waals surface area contributed by atoms with E-state index < -0.39 is 0 Å². The minimum Gasteiger partial charge on any atom is -0.396 e. The zero-order chi connectivity index (χ0) is 6.69. The molecular formula is C7H10OS. The van der Waals surface area contributed by atoms with Crippen LogP contribution in [0, 0.1) is 6.92 Å². The third kappa shape index (κ3) is 1.80. The van der Waals surface area contributed by atoms with E-state index in [1.165, 1.54) is 10.4 Å². The van der Waals surface area contributed by atoms with Gasteiger partial charge in [0.2, 0.25) is 0 Å². The highest BCUT2D eigenvalue weighted by atomic mass is 32.1. The molecule has 1 N–H and O–H groups in total. The van der Waals surface area contributed by atoms with Gasteiger partial charge in [0, 0.05) is 11.5 Å². The number of thiophene rings is 1. The van der Waals surface area contributed by atoms with E-state index in [0.29, 0.717) is 0 Å². The average Bonchev–Trinajstić information content (AvgIpc) is 2.17. The van der Waals surface area contributed by atoms with Gasteiger partial charge in [-0.2, -0.15) is 0 Å². The monoisotopic (exact) mass is 142 g/mol. The molecule has 9 heavy (non-hydrogen) atoms. The Bertz CT molecular complexity index is 181. The van der Waals surface area contributed by atoms with Gasteiger partial charge in [-0.05, 0) is 30.4 Å². The van der Waals surface area contributed by atoms with E-state index in [-0.39, 0.29) is 6.61 Å². The second-order valence-corrected chi connectivity index (χ2v) is 3.15. The molecule has 0 saturated heterocycles. The van der Waals surface area contributed by atoms with Crippen LogP contribution in [-0.4, -0.2) is 11.7 Å². The molecule has 0 aliphatic heterocycles. The van der Waals surface area contributed by atoms with Crippen molar-refractivity contribution in [2.75, 3.05) is 6.61 Å². The lowest BCUT2D eigenvalue weighted by atomic mass is 10.2. The Morgan fingerprint density at radius 1 is 1.67 bits per heavy atom. The lowest BCUT2D eigenvalue weighted by molar-refractivity contribution is 0.300. The number of aryl methyl sites for hydroxylation is 1. The largest absolute Gasteiger partial charge is 0.396 e. The van der Waals surface area contributed by atoms with Crippen LogP contribution in [0.4, 0.5) is 0 Å². The van der Waals surface area contributed by atoms with Gasteiger partial charge in [-0.25, -0.2) is 0 Å². The molecule has 1 aromatic heterocycles. The number of rotatable bonds is 2. The summed E-state index contributed by atoms with van der Waals surface area (Å²) in [6.45, 7) is 2.34. The molecule has 0 saturated carbocycles. The fourth-order valence-electron chi connectivity index (χ4n) is 0.758. The first-order valence-corrected chi connectivity index (χ1v) is 3.86.